The van der Waals surface area contributed by atoms with Crippen molar-refractivity contribution >= 4 is 24.1 Å². The highest BCUT2D eigenvalue weighted by molar-refractivity contribution is 5.82. The number of aliphatic hydroxyl groups excluding tert-OH is 1. The van der Waals surface area contributed by atoms with Crippen LogP contribution in [-0.2, 0) is 28.5 Å². The Kier molecular flexibility index (Phi) is 12.4. The van der Waals surface area contributed by atoms with Gasteiger partial charge in [-0.05, 0) is 53.4 Å². The van der Waals surface area contributed by atoms with Crippen LogP contribution in [0.25, 0.3) is 0 Å². The first kappa shape index (κ1) is 31.4. The molecule has 0 aromatic heterocycles. The standard InChI is InChI=1S/C23H42N2O9/c1-13(2)16(24-20(29)33-22(5,6)7)18(27)31-12-15(11-26)32-19(28)17(14(3)4)25-21(30)34-23(8,9)10/h13-17,26H,11-12H2,1-10H3,(H,24,29)(H,25,30)/t15?,16-,17-/m0/s1. The van der Waals surface area contributed by atoms with E-state index in [4.69, 9.17) is 18.9 Å². The molecule has 0 aromatic carbocycles. The molecule has 3 N–H and O–H groups in total. The first-order chi connectivity index (χ1) is 15.4. The molecule has 0 saturated heterocycles. The lowest BCUT2D eigenvalue weighted by molar-refractivity contribution is -0.165. The normalized spacial score (nSPS) is 14.6. The number of hydrogen-bond acceptors (Lipinski definition) is 9. The van der Waals surface area contributed by atoms with E-state index in [1.807, 2.05) is 0 Å². The maximum Gasteiger partial charge on any atom is 0.408 e. The Morgan fingerprint density at radius 1 is 0.735 bits per heavy atom. The van der Waals surface area contributed by atoms with Crippen LogP contribution in [0.1, 0.15) is 69.2 Å². The molecule has 0 rings (SSSR count). The molecular formula is C23H42N2O9. The molecule has 0 spiro atoms. The van der Waals surface area contributed by atoms with Crippen molar-refractivity contribution in [2.75, 3.05) is 13.2 Å². The van der Waals surface area contributed by atoms with Crippen molar-refractivity contribution in [1.29, 1.82) is 0 Å². The fraction of sp³-hybridized carbons (Fsp3) is 0.826. The van der Waals surface area contributed by atoms with Gasteiger partial charge in [-0.25, -0.2) is 19.2 Å². The van der Waals surface area contributed by atoms with Crippen molar-refractivity contribution in [2.45, 2.75) is 98.6 Å². The van der Waals surface area contributed by atoms with Crippen molar-refractivity contribution in [1.82, 2.24) is 10.6 Å². The minimum Gasteiger partial charge on any atom is -0.460 e. The predicted octanol–water partition coefficient (Wildman–Crippen LogP) is 2.53. The molecule has 0 saturated carbocycles. The van der Waals surface area contributed by atoms with Gasteiger partial charge in [0.2, 0.25) is 0 Å². The minimum absolute atomic E-state index is 0.321. The number of carbonyl (C=O) groups is 4. The summed E-state index contributed by atoms with van der Waals surface area (Å²) in [4.78, 5) is 49.2. The largest absolute Gasteiger partial charge is 0.460 e. The summed E-state index contributed by atoms with van der Waals surface area (Å²) in [5.41, 5.74) is -1.50. The highest BCUT2D eigenvalue weighted by Gasteiger charge is 2.32. The summed E-state index contributed by atoms with van der Waals surface area (Å²) in [6.45, 7) is 15.9. The second kappa shape index (κ2) is 13.4. The molecule has 198 valence electrons. The molecule has 0 radical (unpaired) electrons. The molecular weight excluding hydrogens is 448 g/mol. The lowest BCUT2D eigenvalue weighted by Gasteiger charge is -2.27. The molecule has 0 heterocycles. The molecule has 3 atom stereocenters. The summed E-state index contributed by atoms with van der Waals surface area (Å²) in [5.74, 6) is -2.25. The Morgan fingerprint density at radius 3 is 1.44 bits per heavy atom. The van der Waals surface area contributed by atoms with Gasteiger partial charge in [0.15, 0.2) is 6.10 Å². The van der Waals surface area contributed by atoms with Crippen molar-refractivity contribution in [2.24, 2.45) is 11.8 Å². The third-order valence-electron chi connectivity index (χ3n) is 4.08. The molecule has 34 heavy (non-hydrogen) atoms. The number of rotatable bonds is 10. The Balaban J connectivity index is 5.04. The van der Waals surface area contributed by atoms with Gasteiger partial charge in [0.1, 0.15) is 29.9 Å². The lowest BCUT2D eigenvalue weighted by atomic mass is 10.0. The van der Waals surface area contributed by atoms with E-state index in [2.05, 4.69) is 10.6 Å². The Bertz CT molecular complexity index is 694. The number of carbonyl (C=O) groups excluding carboxylic acids is 4. The lowest BCUT2D eigenvalue weighted by Crippen LogP contribution is -2.49. The summed E-state index contributed by atoms with van der Waals surface area (Å²) in [5, 5.41) is 14.5. The summed E-state index contributed by atoms with van der Waals surface area (Å²) in [6, 6.07) is -2.06. The van der Waals surface area contributed by atoms with E-state index < -0.39 is 66.7 Å². The van der Waals surface area contributed by atoms with Crippen LogP contribution in [0.2, 0.25) is 0 Å². The second-order valence-electron chi connectivity index (χ2n) is 10.6. The number of aliphatic hydroxyl groups is 1. The second-order valence-corrected chi connectivity index (χ2v) is 10.6. The molecule has 0 fully saturated rings. The maximum absolute atomic E-state index is 12.6. The van der Waals surface area contributed by atoms with E-state index in [1.54, 1.807) is 69.2 Å². The fourth-order valence-corrected chi connectivity index (χ4v) is 2.49. The van der Waals surface area contributed by atoms with Crippen LogP contribution in [0, 0.1) is 11.8 Å². The highest BCUT2D eigenvalue weighted by atomic mass is 16.6. The molecule has 2 amide bonds. The van der Waals surface area contributed by atoms with E-state index >= 15 is 0 Å². The van der Waals surface area contributed by atoms with Crippen LogP contribution in [0.15, 0.2) is 0 Å². The molecule has 1 unspecified atom stereocenters. The van der Waals surface area contributed by atoms with Crippen molar-refractivity contribution in [3.63, 3.8) is 0 Å². The average Bonchev–Trinajstić information content (AvgIpc) is 2.63. The van der Waals surface area contributed by atoms with E-state index in [0.717, 1.165) is 0 Å². The summed E-state index contributed by atoms with van der Waals surface area (Å²) < 4.78 is 20.8. The topological polar surface area (TPSA) is 149 Å². The van der Waals surface area contributed by atoms with Gasteiger partial charge in [-0.3, -0.25) is 0 Å². The summed E-state index contributed by atoms with van der Waals surface area (Å²) in [7, 11) is 0. The zero-order valence-corrected chi connectivity index (χ0v) is 22.0. The van der Waals surface area contributed by atoms with Crippen LogP contribution < -0.4 is 10.6 Å². The average molecular weight is 491 g/mol. The number of esters is 2. The smallest absolute Gasteiger partial charge is 0.408 e. The van der Waals surface area contributed by atoms with Crippen molar-refractivity contribution < 1.29 is 43.2 Å². The molecule has 11 nitrogen and oxygen atoms in total. The number of alkyl carbamates (subject to hydrolysis) is 2. The van der Waals surface area contributed by atoms with Crippen LogP contribution >= 0.6 is 0 Å². The quantitative estimate of drug-likeness (QED) is 0.310. The van der Waals surface area contributed by atoms with Gasteiger partial charge in [-0.1, -0.05) is 27.7 Å². The fourth-order valence-electron chi connectivity index (χ4n) is 2.49. The Hall–Kier alpha value is -2.56. The molecule has 0 aliphatic heterocycles. The molecule has 11 heteroatoms. The van der Waals surface area contributed by atoms with E-state index in [0.29, 0.717) is 0 Å². The predicted molar refractivity (Wildman–Crippen MR) is 124 cm³/mol. The third kappa shape index (κ3) is 13.2. The van der Waals surface area contributed by atoms with Crippen LogP contribution in [0.5, 0.6) is 0 Å². The van der Waals surface area contributed by atoms with Gasteiger partial charge < -0.3 is 34.7 Å². The zero-order chi connectivity index (χ0) is 26.9. The Labute approximate surface area is 202 Å². The van der Waals surface area contributed by atoms with E-state index in [1.165, 1.54) is 0 Å². The molecule has 0 aromatic rings. The highest BCUT2D eigenvalue weighted by Crippen LogP contribution is 2.12. The summed E-state index contributed by atoms with van der Waals surface area (Å²) in [6.07, 6.45) is -2.74. The number of ether oxygens (including phenoxy) is 4. The maximum atomic E-state index is 12.6. The monoisotopic (exact) mass is 490 g/mol. The van der Waals surface area contributed by atoms with Crippen LogP contribution in [0.4, 0.5) is 9.59 Å². The first-order valence-electron chi connectivity index (χ1n) is 11.3. The Morgan fingerprint density at radius 2 is 1.12 bits per heavy atom. The zero-order valence-electron chi connectivity index (χ0n) is 22.0. The van der Waals surface area contributed by atoms with Gasteiger partial charge in [-0.15, -0.1) is 0 Å². The van der Waals surface area contributed by atoms with Crippen molar-refractivity contribution in [3.8, 4) is 0 Å². The van der Waals surface area contributed by atoms with Gasteiger partial charge >= 0.3 is 24.1 Å². The minimum atomic E-state index is -1.17. The molecule has 0 aliphatic rings. The van der Waals surface area contributed by atoms with Gasteiger partial charge in [-0.2, -0.15) is 0 Å². The third-order valence-corrected chi connectivity index (χ3v) is 4.08. The summed E-state index contributed by atoms with van der Waals surface area (Å²) >= 11 is 0. The first-order valence-corrected chi connectivity index (χ1v) is 11.3. The van der Waals surface area contributed by atoms with Crippen LogP contribution in [0.3, 0.4) is 0 Å². The van der Waals surface area contributed by atoms with Crippen molar-refractivity contribution in [3.05, 3.63) is 0 Å². The SMILES string of the molecule is CC(C)[C@H](NC(=O)OC(C)(C)C)C(=O)OCC(CO)OC(=O)[C@@H](NC(=O)OC(C)(C)C)C(C)C. The van der Waals surface area contributed by atoms with Gasteiger partial charge in [0, 0.05) is 0 Å². The number of hydrogen-bond donors (Lipinski definition) is 3. The number of amides is 2. The van der Waals surface area contributed by atoms with E-state index in [9.17, 15) is 24.3 Å². The van der Waals surface area contributed by atoms with Gasteiger partial charge in [0.05, 0.1) is 6.61 Å². The van der Waals surface area contributed by atoms with Crippen LogP contribution in [-0.4, -0.2) is 71.8 Å². The van der Waals surface area contributed by atoms with Gasteiger partial charge in [0.25, 0.3) is 0 Å². The number of nitrogens with one attached hydrogen (secondary N) is 2. The molecule has 0 bridgehead atoms. The van der Waals surface area contributed by atoms with E-state index in [-0.39, 0.29) is 11.8 Å². The molecule has 0 aliphatic carbocycles.